The molecule has 0 saturated heterocycles. The van der Waals surface area contributed by atoms with Gasteiger partial charge in [-0.05, 0) is 47.8 Å². The van der Waals surface area contributed by atoms with Gasteiger partial charge >= 0.3 is 5.97 Å². The second-order valence-electron chi connectivity index (χ2n) is 14.4. The molecule has 0 amide bonds. The van der Waals surface area contributed by atoms with Crippen molar-refractivity contribution in [2.75, 3.05) is 0 Å². The molecule has 4 saturated carbocycles. The Bertz CT molecular complexity index is 1000. The molecule has 4 aliphatic carbocycles. The van der Waals surface area contributed by atoms with Gasteiger partial charge in [-0.1, -0.05) is 48.5 Å². The molecule has 7 heteroatoms. The Morgan fingerprint density at radius 3 is 2.22 bits per heavy atom. The number of fused-ring (bicyclic) bond motifs is 5. The van der Waals surface area contributed by atoms with Crippen molar-refractivity contribution in [1.82, 2.24) is 0 Å². The van der Waals surface area contributed by atoms with E-state index in [-0.39, 0.29) is 54.4 Å². The first-order valence-corrected chi connectivity index (χ1v) is 14.1. The number of carbonyl (C=O) groups excluding carboxylic acids is 3. The van der Waals surface area contributed by atoms with E-state index in [1.807, 2.05) is 27.7 Å². The smallest absolute Gasteiger partial charge is 0.306 e. The maximum atomic E-state index is 14.1. The standard InChI is InChI=1S/C30H46O7/c1-15(10-17(31)11-16(2)26(36)37)18-12-23(35)30(7)25-19(32)13-21-27(3,4)22(34)8-9-28(21,5)24(25)20(33)14-29(18,30)6/h15-16,18-19,21,23-25,32,35H,8-14H2,1-7H3,(H,36,37). The zero-order chi connectivity index (χ0) is 27.9. The minimum absolute atomic E-state index is 0.0283. The first-order chi connectivity index (χ1) is 16.9. The van der Waals surface area contributed by atoms with Crippen molar-refractivity contribution < 1.29 is 34.5 Å². The third kappa shape index (κ3) is 3.89. The van der Waals surface area contributed by atoms with E-state index in [1.54, 1.807) is 0 Å². The van der Waals surface area contributed by atoms with Crippen LogP contribution in [0.25, 0.3) is 0 Å². The number of hydrogen-bond acceptors (Lipinski definition) is 6. The van der Waals surface area contributed by atoms with Crippen molar-refractivity contribution in [1.29, 1.82) is 0 Å². The first-order valence-electron chi connectivity index (χ1n) is 14.1. The molecule has 37 heavy (non-hydrogen) atoms. The normalized spacial score (nSPS) is 46.4. The van der Waals surface area contributed by atoms with Crippen LogP contribution >= 0.6 is 0 Å². The predicted molar refractivity (Wildman–Crippen MR) is 137 cm³/mol. The number of rotatable bonds is 6. The van der Waals surface area contributed by atoms with E-state index in [4.69, 9.17) is 0 Å². The van der Waals surface area contributed by atoms with Gasteiger partial charge in [0, 0.05) is 48.3 Å². The second-order valence-corrected chi connectivity index (χ2v) is 14.4. The summed E-state index contributed by atoms with van der Waals surface area (Å²) in [6, 6.07) is 0. The Morgan fingerprint density at radius 2 is 1.62 bits per heavy atom. The van der Waals surface area contributed by atoms with Crippen LogP contribution < -0.4 is 0 Å². The minimum Gasteiger partial charge on any atom is -0.481 e. The SMILES string of the molecule is CC(CC(=O)CC(C)C1CC(O)C2(C)C3C(O)CC4C(C)(C)C(=O)CCC4(C)C3C(=O)CC12C)C(=O)O. The van der Waals surface area contributed by atoms with Crippen molar-refractivity contribution >= 4 is 23.3 Å². The Morgan fingerprint density at radius 1 is 1.00 bits per heavy atom. The third-order valence-electron chi connectivity index (χ3n) is 12.2. The van der Waals surface area contributed by atoms with Gasteiger partial charge in [0.2, 0.25) is 0 Å². The average molecular weight is 519 g/mol. The fourth-order valence-electron chi connectivity index (χ4n) is 9.96. The number of carbonyl (C=O) groups is 4. The number of Topliss-reactive ketones (excluding diaryl/α,β-unsaturated/α-hetero) is 3. The topological polar surface area (TPSA) is 129 Å². The van der Waals surface area contributed by atoms with Gasteiger partial charge in [-0.15, -0.1) is 0 Å². The van der Waals surface area contributed by atoms with Gasteiger partial charge in [0.25, 0.3) is 0 Å². The summed E-state index contributed by atoms with van der Waals surface area (Å²) in [5.41, 5.74) is -2.36. The Balaban J connectivity index is 1.68. The summed E-state index contributed by atoms with van der Waals surface area (Å²) in [5, 5.41) is 32.5. The molecule has 0 aromatic carbocycles. The summed E-state index contributed by atoms with van der Waals surface area (Å²) in [6.45, 7) is 13.6. The van der Waals surface area contributed by atoms with E-state index < -0.39 is 57.6 Å². The van der Waals surface area contributed by atoms with Crippen molar-refractivity contribution in [2.45, 2.75) is 106 Å². The van der Waals surface area contributed by atoms with Crippen LogP contribution in [-0.2, 0) is 19.2 Å². The van der Waals surface area contributed by atoms with Crippen LogP contribution in [0.3, 0.4) is 0 Å². The quantitative estimate of drug-likeness (QED) is 0.483. The summed E-state index contributed by atoms with van der Waals surface area (Å²) in [5.74, 6) is -2.73. The van der Waals surface area contributed by atoms with Crippen LogP contribution in [0.5, 0.6) is 0 Å². The number of aliphatic hydroxyl groups excluding tert-OH is 2. The fraction of sp³-hybridized carbons (Fsp3) is 0.867. The third-order valence-corrected chi connectivity index (χ3v) is 12.2. The second kappa shape index (κ2) is 8.97. The maximum absolute atomic E-state index is 14.1. The molecule has 0 heterocycles. The molecule has 4 rings (SSSR count). The lowest BCUT2D eigenvalue weighted by molar-refractivity contribution is -0.224. The Kier molecular flexibility index (Phi) is 6.89. The highest BCUT2D eigenvalue weighted by molar-refractivity contribution is 5.88. The highest BCUT2D eigenvalue weighted by Crippen LogP contribution is 2.73. The van der Waals surface area contributed by atoms with Crippen molar-refractivity contribution in [3.63, 3.8) is 0 Å². The molecule has 4 aliphatic rings. The molecule has 0 bridgehead atoms. The molecule has 4 fully saturated rings. The largest absolute Gasteiger partial charge is 0.481 e. The summed E-state index contributed by atoms with van der Waals surface area (Å²) in [4.78, 5) is 50.9. The molecule has 3 N–H and O–H groups in total. The van der Waals surface area contributed by atoms with Gasteiger partial charge in [-0.25, -0.2) is 0 Å². The average Bonchev–Trinajstić information content (AvgIpc) is 2.99. The highest BCUT2D eigenvalue weighted by atomic mass is 16.4. The number of hydrogen-bond donors (Lipinski definition) is 3. The lowest BCUT2D eigenvalue weighted by atomic mass is 9.37. The van der Waals surface area contributed by atoms with E-state index in [0.717, 1.165) is 0 Å². The Hall–Kier alpha value is -1.60. The highest BCUT2D eigenvalue weighted by Gasteiger charge is 2.74. The fourth-order valence-corrected chi connectivity index (χ4v) is 9.96. The van der Waals surface area contributed by atoms with Crippen LogP contribution in [0.4, 0.5) is 0 Å². The van der Waals surface area contributed by atoms with Gasteiger partial charge < -0.3 is 15.3 Å². The van der Waals surface area contributed by atoms with E-state index in [2.05, 4.69) is 13.8 Å². The number of carboxylic acid groups (broad SMARTS) is 1. The van der Waals surface area contributed by atoms with E-state index in [9.17, 15) is 34.5 Å². The van der Waals surface area contributed by atoms with Crippen LogP contribution in [0, 0.1) is 57.2 Å². The van der Waals surface area contributed by atoms with Crippen LogP contribution in [0.1, 0.15) is 93.4 Å². The molecule has 7 nitrogen and oxygen atoms in total. The number of aliphatic carboxylic acids is 1. The zero-order valence-electron chi connectivity index (χ0n) is 23.5. The molecular weight excluding hydrogens is 472 g/mol. The van der Waals surface area contributed by atoms with Gasteiger partial charge in [0.15, 0.2) is 0 Å². The molecule has 0 radical (unpaired) electrons. The van der Waals surface area contributed by atoms with Gasteiger partial charge in [0.1, 0.15) is 17.3 Å². The van der Waals surface area contributed by atoms with Gasteiger partial charge in [0.05, 0.1) is 18.1 Å². The van der Waals surface area contributed by atoms with Gasteiger partial charge in [-0.3, -0.25) is 19.2 Å². The summed E-state index contributed by atoms with van der Waals surface area (Å²) in [6.07, 6.45) is 0.867. The molecule has 208 valence electrons. The summed E-state index contributed by atoms with van der Waals surface area (Å²) < 4.78 is 0. The van der Waals surface area contributed by atoms with Crippen LogP contribution in [0.2, 0.25) is 0 Å². The van der Waals surface area contributed by atoms with Crippen LogP contribution in [0.15, 0.2) is 0 Å². The predicted octanol–water partition coefficient (Wildman–Crippen LogP) is 4.07. The van der Waals surface area contributed by atoms with E-state index in [1.165, 1.54) is 6.92 Å². The lowest BCUT2D eigenvalue weighted by Gasteiger charge is -2.67. The Labute approximate surface area is 220 Å². The lowest BCUT2D eigenvalue weighted by Crippen LogP contribution is -2.68. The van der Waals surface area contributed by atoms with Crippen molar-refractivity contribution in [3.05, 3.63) is 0 Å². The monoisotopic (exact) mass is 518 g/mol. The molecule has 0 aliphatic heterocycles. The van der Waals surface area contributed by atoms with Crippen molar-refractivity contribution in [3.8, 4) is 0 Å². The molecular formula is C30H46O7. The zero-order valence-corrected chi connectivity index (χ0v) is 23.5. The number of aliphatic hydroxyl groups is 2. The number of ketones is 3. The molecule has 11 atom stereocenters. The van der Waals surface area contributed by atoms with Crippen molar-refractivity contribution in [2.24, 2.45) is 57.2 Å². The van der Waals surface area contributed by atoms with E-state index in [0.29, 0.717) is 25.7 Å². The minimum atomic E-state index is -0.994. The van der Waals surface area contributed by atoms with Crippen LogP contribution in [-0.4, -0.2) is 50.8 Å². The molecule has 0 aromatic rings. The maximum Gasteiger partial charge on any atom is 0.306 e. The molecule has 11 unspecified atom stereocenters. The molecule has 0 spiro atoms. The van der Waals surface area contributed by atoms with E-state index >= 15 is 0 Å². The summed E-state index contributed by atoms with van der Waals surface area (Å²) >= 11 is 0. The molecule has 0 aromatic heterocycles. The number of carboxylic acids is 1. The first kappa shape index (κ1) is 28.4. The summed E-state index contributed by atoms with van der Waals surface area (Å²) in [7, 11) is 0. The van der Waals surface area contributed by atoms with Gasteiger partial charge in [-0.2, -0.15) is 0 Å².